The molecule has 0 radical (unpaired) electrons. The number of sulfonamides is 1. The number of nitrogens with one attached hydrogen (secondary N) is 2. The van der Waals surface area contributed by atoms with Gasteiger partial charge in [0.05, 0.1) is 24.3 Å². The summed E-state index contributed by atoms with van der Waals surface area (Å²) in [4.78, 5) is 8.01. The summed E-state index contributed by atoms with van der Waals surface area (Å²) >= 11 is 0. The van der Waals surface area contributed by atoms with Gasteiger partial charge in [0.15, 0.2) is 11.6 Å². The zero-order valence-corrected chi connectivity index (χ0v) is 16.0. The molecule has 3 rings (SSSR count). The number of aryl methyl sites for hydroxylation is 1. The Bertz CT molecular complexity index is 861. The molecule has 0 unspecified atom stereocenters. The van der Waals surface area contributed by atoms with Crippen LogP contribution < -0.4 is 10.6 Å². The van der Waals surface area contributed by atoms with Crippen LogP contribution in [0, 0.1) is 5.82 Å². The molecule has 2 N–H and O–H groups in total. The zero-order chi connectivity index (χ0) is 18.0. The smallest absolute Gasteiger partial charge is 0.229 e. The molecule has 1 saturated heterocycles. The van der Waals surface area contributed by atoms with Crippen LogP contribution in [0.15, 0.2) is 18.6 Å². The molecule has 12 heteroatoms. The molecule has 2 aromatic rings. The highest BCUT2D eigenvalue weighted by atomic mass is 35.5. The molecule has 0 spiro atoms. The molecule has 0 amide bonds. The number of hydrogen-bond acceptors (Lipinski definition) is 7. The van der Waals surface area contributed by atoms with Gasteiger partial charge < -0.3 is 10.6 Å². The SMILES string of the molecule is Cl.Cn1cc(Nc2ncc(F)c(NC[C@H]3CCCN3S(C)(=O)=O)n2)cn1. The number of rotatable bonds is 6. The van der Waals surface area contributed by atoms with Crippen LogP contribution in [0.1, 0.15) is 12.8 Å². The molecular weight excluding hydrogens is 385 g/mol. The summed E-state index contributed by atoms with van der Waals surface area (Å²) in [5.41, 5.74) is 0.680. The first kappa shape index (κ1) is 20.3. The van der Waals surface area contributed by atoms with Gasteiger partial charge in [-0.1, -0.05) is 0 Å². The standard InChI is InChI=1S/C14H20FN7O2S.ClH/c1-21-9-10(6-18-21)19-14-17-8-12(15)13(20-14)16-7-11-4-3-5-22(11)25(2,23)24;/h6,8-9,11H,3-5,7H2,1-2H3,(H2,16,17,19,20);1H/t11-;/m1./s1. The van der Waals surface area contributed by atoms with Crippen LogP contribution in [0.25, 0.3) is 0 Å². The van der Waals surface area contributed by atoms with Crippen molar-refractivity contribution in [3.05, 3.63) is 24.4 Å². The van der Waals surface area contributed by atoms with Gasteiger partial charge in [-0.25, -0.2) is 17.8 Å². The molecule has 144 valence electrons. The molecule has 0 aromatic carbocycles. The average Bonchev–Trinajstić information content (AvgIpc) is 3.16. The summed E-state index contributed by atoms with van der Waals surface area (Å²) in [6.45, 7) is 0.776. The Labute approximate surface area is 157 Å². The topological polar surface area (TPSA) is 105 Å². The van der Waals surface area contributed by atoms with Crippen molar-refractivity contribution >= 4 is 39.9 Å². The Kier molecular flexibility index (Phi) is 6.37. The first-order valence-corrected chi connectivity index (χ1v) is 9.66. The third-order valence-corrected chi connectivity index (χ3v) is 5.29. The van der Waals surface area contributed by atoms with Crippen LogP contribution in [-0.2, 0) is 17.1 Å². The molecule has 0 aliphatic carbocycles. The third kappa shape index (κ3) is 4.80. The Morgan fingerprint density at radius 2 is 2.15 bits per heavy atom. The van der Waals surface area contributed by atoms with Gasteiger partial charge in [0.1, 0.15) is 0 Å². The maximum absolute atomic E-state index is 14.0. The number of aromatic nitrogens is 4. The molecule has 2 aromatic heterocycles. The highest BCUT2D eigenvalue weighted by Crippen LogP contribution is 2.22. The van der Waals surface area contributed by atoms with E-state index in [1.165, 1.54) is 10.6 Å². The lowest BCUT2D eigenvalue weighted by molar-refractivity contribution is 0.402. The van der Waals surface area contributed by atoms with Gasteiger partial charge in [-0.2, -0.15) is 14.4 Å². The summed E-state index contributed by atoms with van der Waals surface area (Å²) in [7, 11) is -1.49. The Balaban J connectivity index is 0.00000243. The third-order valence-electron chi connectivity index (χ3n) is 3.96. The molecule has 1 aliphatic rings. The van der Waals surface area contributed by atoms with Crippen molar-refractivity contribution in [1.82, 2.24) is 24.1 Å². The highest BCUT2D eigenvalue weighted by Gasteiger charge is 2.31. The predicted octanol–water partition coefficient (Wildman–Crippen LogP) is 1.35. The Hall–Kier alpha value is -1.98. The molecule has 1 fully saturated rings. The van der Waals surface area contributed by atoms with Gasteiger partial charge in [-0.3, -0.25) is 4.68 Å². The van der Waals surface area contributed by atoms with Crippen LogP contribution in [-0.4, -0.2) is 57.9 Å². The second-order valence-electron chi connectivity index (χ2n) is 5.97. The van der Waals surface area contributed by atoms with Crippen molar-refractivity contribution in [1.29, 1.82) is 0 Å². The predicted molar refractivity (Wildman–Crippen MR) is 98.8 cm³/mol. The van der Waals surface area contributed by atoms with Crippen LogP contribution in [0.3, 0.4) is 0 Å². The monoisotopic (exact) mass is 405 g/mol. The number of halogens is 2. The fraction of sp³-hybridized carbons (Fsp3) is 0.500. The molecule has 9 nitrogen and oxygen atoms in total. The minimum atomic E-state index is -3.27. The zero-order valence-electron chi connectivity index (χ0n) is 14.4. The maximum atomic E-state index is 14.0. The van der Waals surface area contributed by atoms with Gasteiger partial charge >= 0.3 is 0 Å². The van der Waals surface area contributed by atoms with Gasteiger partial charge in [0.2, 0.25) is 16.0 Å². The first-order valence-electron chi connectivity index (χ1n) is 7.82. The van der Waals surface area contributed by atoms with Gasteiger partial charge in [-0.15, -0.1) is 12.4 Å². The van der Waals surface area contributed by atoms with E-state index < -0.39 is 15.8 Å². The van der Waals surface area contributed by atoms with E-state index in [0.717, 1.165) is 19.0 Å². The lowest BCUT2D eigenvalue weighted by atomic mass is 10.2. The minimum absolute atomic E-state index is 0. The van der Waals surface area contributed by atoms with Crippen molar-refractivity contribution in [2.45, 2.75) is 18.9 Å². The lowest BCUT2D eigenvalue weighted by Crippen LogP contribution is -2.39. The van der Waals surface area contributed by atoms with Crippen LogP contribution in [0.2, 0.25) is 0 Å². The molecule has 0 saturated carbocycles. The lowest BCUT2D eigenvalue weighted by Gasteiger charge is -2.22. The van der Waals surface area contributed by atoms with Crippen molar-refractivity contribution in [2.24, 2.45) is 7.05 Å². The largest absolute Gasteiger partial charge is 0.366 e. The van der Waals surface area contributed by atoms with Gasteiger partial charge in [0, 0.05) is 32.4 Å². The van der Waals surface area contributed by atoms with E-state index >= 15 is 0 Å². The molecule has 1 atom stereocenters. The average molecular weight is 406 g/mol. The summed E-state index contributed by atoms with van der Waals surface area (Å²) in [5, 5.41) is 9.85. The minimum Gasteiger partial charge on any atom is -0.366 e. The summed E-state index contributed by atoms with van der Waals surface area (Å²) in [5.74, 6) is -0.342. The number of anilines is 3. The van der Waals surface area contributed by atoms with Crippen LogP contribution >= 0.6 is 12.4 Å². The quantitative estimate of drug-likeness (QED) is 0.747. The second kappa shape index (κ2) is 8.14. The molecule has 1 aliphatic heterocycles. The fourth-order valence-corrected chi connectivity index (χ4v) is 4.01. The van der Waals surface area contributed by atoms with E-state index in [-0.39, 0.29) is 36.8 Å². The first-order chi connectivity index (χ1) is 11.8. The van der Waals surface area contributed by atoms with Gasteiger partial charge in [0.25, 0.3) is 0 Å². The fourth-order valence-electron chi connectivity index (χ4n) is 2.83. The van der Waals surface area contributed by atoms with Crippen molar-refractivity contribution in [3.63, 3.8) is 0 Å². The van der Waals surface area contributed by atoms with Crippen molar-refractivity contribution < 1.29 is 12.8 Å². The van der Waals surface area contributed by atoms with Gasteiger partial charge in [-0.05, 0) is 12.8 Å². The number of nitrogens with zero attached hydrogens (tertiary/aromatic N) is 5. The van der Waals surface area contributed by atoms with E-state index in [2.05, 4.69) is 25.7 Å². The van der Waals surface area contributed by atoms with Crippen molar-refractivity contribution in [3.8, 4) is 0 Å². The van der Waals surface area contributed by atoms with Crippen LogP contribution in [0.5, 0.6) is 0 Å². The summed E-state index contributed by atoms with van der Waals surface area (Å²) in [6, 6.07) is -0.209. The van der Waals surface area contributed by atoms with E-state index in [0.29, 0.717) is 12.2 Å². The molecular formula is C14H21ClFN7O2S. The Morgan fingerprint density at radius 3 is 2.81 bits per heavy atom. The number of hydrogen-bond donors (Lipinski definition) is 2. The molecule has 26 heavy (non-hydrogen) atoms. The van der Waals surface area contributed by atoms with E-state index in [1.807, 2.05) is 0 Å². The summed E-state index contributed by atoms with van der Waals surface area (Å²) < 4.78 is 40.5. The van der Waals surface area contributed by atoms with Crippen LogP contribution in [0.4, 0.5) is 21.8 Å². The summed E-state index contributed by atoms with van der Waals surface area (Å²) in [6.07, 6.45) is 7.11. The van der Waals surface area contributed by atoms with Crippen molar-refractivity contribution in [2.75, 3.05) is 30.0 Å². The normalized spacial score (nSPS) is 17.7. The molecule has 0 bridgehead atoms. The molecule has 3 heterocycles. The van der Waals surface area contributed by atoms with E-state index in [1.54, 1.807) is 24.1 Å². The van der Waals surface area contributed by atoms with E-state index in [4.69, 9.17) is 0 Å². The highest BCUT2D eigenvalue weighted by molar-refractivity contribution is 7.88. The Morgan fingerprint density at radius 1 is 1.38 bits per heavy atom. The van der Waals surface area contributed by atoms with E-state index in [9.17, 15) is 12.8 Å². The second-order valence-corrected chi connectivity index (χ2v) is 7.90. The maximum Gasteiger partial charge on any atom is 0.229 e.